The van der Waals surface area contributed by atoms with Gasteiger partial charge in [0.25, 0.3) is 11.4 Å². The summed E-state index contributed by atoms with van der Waals surface area (Å²) in [5.74, 6) is -1.41. The monoisotopic (exact) mass is 586 g/mol. The summed E-state index contributed by atoms with van der Waals surface area (Å²) in [5, 5.41) is 34.2. The van der Waals surface area contributed by atoms with Crippen LogP contribution in [0.5, 0.6) is 0 Å². The van der Waals surface area contributed by atoms with Gasteiger partial charge in [0.15, 0.2) is 0 Å². The first-order valence-electron chi connectivity index (χ1n) is 12.5. The number of nitro benzene ring substituents is 2. The second-order valence-corrected chi connectivity index (χ2v) is 10.5. The zero-order chi connectivity index (χ0) is 29.7. The van der Waals surface area contributed by atoms with Crippen molar-refractivity contribution < 1.29 is 38.8 Å². The topological polar surface area (TPSA) is 191 Å². The maximum atomic E-state index is 13.1. The van der Waals surface area contributed by atoms with Crippen LogP contribution in [0.4, 0.5) is 16.2 Å². The van der Waals surface area contributed by atoms with Crippen molar-refractivity contribution >= 4 is 41.1 Å². The Morgan fingerprint density at radius 1 is 1.02 bits per heavy atom. The fraction of sp³-hybridized carbons (Fsp3) is 0.346. The number of β-lactam (4-membered cyclic amide) rings is 1. The van der Waals surface area contributed by atoms with E-state index in [0.29, 0.717) is 28.2 Å². The number of amides is 2. The molecule has 2 aromatic carbocycles. The summed E-state index contributed by atoms with van der Waals surface area (Å²) >= 11 is 1.27. The van der Waals surface area contributed by atoms with Crippen LogP contribution >= 0.6 is 11.8 Å². The van der Waals surface area contributed by atoms with Crippen LogP contribution in [0.3, 0.4) is 0 Å². The Bertz CT molecular complexity index is 1380. The highest BCUT2D eigenvalue weighted by Crippen LogP contribution is 2.47. The number of fused-ring (bicyclic) bond motifs is 1. The third-order valence-electron chi connectivity index (χ3n) is 6.56. The standard InChI is InChI=1S/C26H26N4O10S/c1-15(31)22-20-12-21(41-11-10-27-26(34)40-14-17-4-8-19(9-5-17)30(37)38)23(28(20)24(22)32)25(33)39-13-16-2-6-18(7-3-16)29(35)36/h2-9,15,20,22,31H,10-14H2,1H3,(H,27,34). The van der Waals surface area contributed by atoms with Crippen LogP contribution in [0.15, 0.2) is 59.1 Å². The maximum absolute atomic E-state index is 13.1. The first kappa shape index (κ1) is 29.5. The molecule has 14 nitrogen and oxygen atoms in total. The van der Waals surface area contributed by atoms with Gasteiger partial charge in [0.05, 0.1) is 27.9 Å². The zero-order valence-corrected chi connectivity index (χ0v) is 22.6. The molecule has 15 heteroatoms. The average molecular weight is 587 g/mol. The number of esters is 1. The highest BCUT2D eigenvalue weighted by atomic mass is 32.2. The van der Waals surface area contributed by atoms with E-state index >= 15 is 0 Å². The molecule has 41 heavy (non-hydrogen) atoms. The molecular weight excluding hydrogens is 560 g/mol. The molecule has 0 radical (unpaired) electrons. The van der Waals surface area contributed by atoms with Crippen LogP contribution in [0.1, 0.15) is 24.5 Å². The van der Waals surface area contributed by atoms with Crippen LogP contribution < -0.4 is 5.32 Å². The predicted molar refractivity (Wildman–Crippen MR) is 144 cm³/mol. The number of hydrogen-bond acceptors (Lipinski definition) is 11. The lowest BCUT2D eigenvalue weighted by molar-refractivity contribution is -0.385. The number of nitro groups is 2. The molecule has 216 valence electrons. The van der Waals surface area contributed by atoms with Gasteiger partial charge in [-0.3, -0.25) is 25.0 Å². The molecule has 2 aromatic rings. The van der Waals surface area contributed by atoms with E-state index in [2.05, 4.69) is 5.32 Å². The Balaban J connectivity index is 1.32. The third-order valence-corrected chi connectivity index (χ3v) is 7.68. The van der Waals surface area contributed by atoms with Crippen molar-refractivity contribution in [1.29, 1.82) is 0 Å². The number of alkyl carbamates (subject to hydrolysis) is 1. The number of hydrogen-bond donors (Lipinski definition) is 2. The van der Waals surface area contributed by atoms with Gasteiger partial charge in [-0.2, -0.15) is 0 Å². The number of benzene rings is 2. The smallest absolute Gasteiger partial charge is 0.407 e. The van der Waals surface area contributed by atoms with Crippen molar-refractivity contribution in [2.24, 2.45) is 5.92 Å². The molecular formula is C26H26N4O10S. The number of non-ortho nitro benzene ring substituents is 2. The SMILES string of the molecule is CC(O)C1C(=O)N2C(C(=O)OCc3ccc([N+](=O)[O-])cc3)=C(SCCNC(=O)OCc3ccc([N+](=O)[O-])cc3)CC12. The van der Waals surface area contributed by atoms with Crippen molar-refractivity contribution in [2.75, 3.05) is 12.3 Å². The second kappa shape index (κ2) is 12.8. The Hall–Kier alpha value is -4.50. The number of aliphatic hydroxyl groups is 1. The highest BCUT2D eigenvalue weighted by molar-refractivity contribution is 8.03. The first-order chi connectivity index (χ1) is 19.6. The van der Waals surface area contributed by atoms with Crippen molar-refractivity contribution in [1.82, 2.24) is 10.2 Å². The second-order valence-electron chi connectivity index (χ2n) is 9.29. The summed E-state index contributed by atoms with van der Waals surface area (Å²) in [6.07, 6.45) is -1.24. The Kier molecular flexibility index (Phi) is 9.19. The molecule has 0 spiro atoms. The molecule has 1 saturated heterocycles. The van der Waals surface area contributed by atoms with Gasteiger partial charge in [-0.05, 0) is 42.3 Å². The largest absolute Gasteiger partial charge is 0.456 e. The van der Waals surface area contributed by atoms with Crippen molar-refractivity contribution in [3.05, 3.63) is 90.5 Å². The number of carbonyl (C=O) groups is 3. The molecule has 0 aromatic heterocycles. The number of nitrogens with zero attached hydrogens (tertiary/aromatic N) is 3. The summed E-state index contributed by atoms with van der Waals surface area (Å²) in [5.41, 5.74) is 1.03. The fourth-order valence-electron chi connectivity index (χ4n) is 4.52. The Morgan fingerprint density at radius 2 is 1.56 bits per heavy atom. The molecule has 1 fully saturated rings. The molecule has 3 unspecified atom stereocenters. The van der Waals surface area contributed by atoms with E-state index in [4.69, 9.17) is 9.47 Å². The van der Waals surface area contributed by atoms with Crippen LogP contribution in [-0.2, 0) is 32.3 Å². The lowest BCUT2D eigenvalue weighted by Crippen LogP contribution is -2.61. The minimum Gasteiger partial charge on any atom is -0.456 e. The van der Waals surface area contributed by atoms with Crippen LogP contribution in [0.25, 0.3) is 0 Å². The van der Waals surface area contributed by atoms with E-state index < -0.39 is 33.9 Å². The van der Waals surface area contributed by atoms with Gasteiger partial charge < -0.3 is 24.8 Å². The summed E-state index contributed by atoms with van der Waals surface area (Å²) in [7, 11) is 0. The van der Waals surface area contributed by atoms with Gasteiger partial charge in [-0.15, -0.1) is 11.8 Å². The van der Waals surface area contributed by atoms with Crippen molar-refractivity contribution in [2.45, 2.75) is 38.7 Å². The molecule has 4 rings (SSSR count). The number of rotatable bonds is 12. The molecule has 0 saturated carbocycles. The van der Waals surface area contributed by atoms with Gasteiger partial charge in [0.2, 0.25) is 5.91 Å². The molecule has 2 aliphatic heterocycles. The number of nitrogens with one attached hydrogen (secondary N) is 1. The molecule has 2 N–H and O–H groups in total. The zero-order valence-electron chi connectivity index (χ0n) is 21.8. The van der Waals surface area contributed by atoms with Gasteiger partial charge >= 0.3 is 12.1 Å². The van der Waals surface area contributed by atoms with Crippen LogP contribution in [0.2, 0.25) is 0 Å². The highest BCUT2D eigenvalue weighted by Gasteiger charge is 2.57. The summed E-state index contributed by atoms with van der Waals surface area (Å²) in [6, 6.07) is 10.8. The molecule has 0 aliphatic carbocycles. The normalized spacial score (nSPS) is 18.3. The van der Waals surface area contributed by atoms with Crippen LogP contribution in [-0.4, -0.2) is 62.3 Å². The van der Waals surface area contributed by atoms with Gasteiger partial charge in [-0.25, -0.2) is 9.59 Å². The minimum atomic E-state index is -0.891. The molecule has 3 atom stereocenters. The summed E-state index contributed by atoms with van der Waals surface area (Å²) in [4.78, 5) is 60.3. The van der Waals surface area contributed by atoms with Gasteiger partial charge in [0.1, 0.15) is 18.9 Å². The quantitative estimate of drug-likeness (QED) is 0.122. The Morgan fingerprint density at radius 3 is 2.07 bits per heavy atom. The van der Waals surface area contributed by atoms with E-state index in [1.165, 1.54) is 72.1 Å². The van der Waals surface area contributed by atoms with Gasteiger partial charge in [-0.1, -0.05) is 0 Å². The summed E-state index contributed by atoms with van der Waals surface area (Å²) < 4.78 is 10.5. The fourth-order valence-corrected chi connectivity index (χ4v) is 5.58. The number of aliphatic hydroxyl groups excluding tert-OH is 1. The van der Waals surface area contributed by atoms with E-state index in [1.54, 1.807) is 0 Å². The maximum Gasteiger partial charge on any atom is 0.407 e. The lowest BCUT2D eigenvalue weighted by Gasteiger charge is -2.44. The molecule has 2 amide bonds. The van der Waals surface area contributed by atoms with E-state index in [9.17, 15) is 39.7 Å². The van der Waals surface area contributed by atoms with E-state index in [-0.39, 0.29) is 48.8 Å². The summed E-state index contributed by atoms with van der Waals surface area (Å²) in [6.45, 7) is 1.46. The predicted octanol–water partition coefficient (Wildman–Crippen LogP) is 3.03. The average Bonchev–Trinajstić information content (AvgIpc) is 3.27. The minimum absolute atomic E-state index is 0.0720. The Labute approximate surface area is 237 Å². The van der Waals surface area contributed by atoms with Crippen LogP contribution in [0, 0.1) is 26.1 Å². The first-order valence-corrected chi connectivity index (χ1v) is 13.5. The third kappa shape index (κ3) is 6.81. The molecule has 0 bridgehead atoms. The lowest BCUT2D eigenvalue weighted by atomic mass is 9.83. The molecule has 2 heterocycles. The van der Waals surface area contributed by atoms with Gasteiger partial charge in [0, 0.05) is 47.9 Å². The van der Waals surface area contributed by atoms with Crippen molar-refractivity contribution in [3.8, 4) is 0 Å². The van der Waals surface area contributed by atoms with Crippen molar-refractivity contribution in [3.63, 3.8) is 0 Å². The van der Waals surface area contributed by atoms with E-state index in [1.807, 2.05) is 0 Å². The number of thioether (sulfide) groups is 1. The number of carbonyl (C=O) groups excluding carboxylic acids is 3. The van der Waals surface area contributed by atoms with E-state index in [0.717, 1.165) is 0 Å². The number of ether oxygens (including phenoxy) is 2. The molecule has 2 aliphatic rings.